The van der Waals surface area contributed by atoms with Gasteiger partial charge in [0.15, 0.2) is 20.8 Å². The van der Waals surface area contributed by atoms with Crippen molar-refractivity contribution in [3.05, 3.63) is 41.9 Å². The smallest absolute Gasteiger partial charge is 0.191 e. The molecule has 142 valence electrons. The number of fused-ring (bicyclic) bond motifs is 1. The molecule has 0 bridgehead atoms. The average Bonchev–Trinajstić information content (AvgIpc) is 3.31. The molecule has 1 unspecified atom stereocenters. The lowest BCUT2D eigenvalue weighted by Crippen LogP contribution is -2.11. The highest BCUT2D eigenvalue weighted by Crippen LogP contribution is 2.25. The van der Waals surface area contributed by atoms with E-state index in [0.717, 1.165) is 16.7 Å². The van der Waals surface area contributed by atoms with Gasteiger partial charge in [-0.3, -0.25) is 4.79 Å². The van der Waals surface area contributed by atoms with Crippen LogP contribution in [-0.4, -0.2) is 51.2 Å². The molecule has 3 heterocycles. The van der Waals surface area contributed by atoms with Crippen molar-refractivity contribution in [2.75, 3.05) is 17.3 Å². The van der Waals surface area contributed by atoms with Crippen LogP contribution in [0.2, 0.25) is 0 Å². The summed E-state index contributed by atoms with van der Waals surface area (Å²) in [6.45, 7) is 0. The lowest BCUT2D eigenvalue weighted by atomic mass is 10.1. The van der Waals surface area contributed by atoms with Crippen molar-refractivity contribution in [1.82, 2.24) is 19.7 Å². The van der Waals surface area contributed by atoms with E-state index in [1.54, 1.807) is 6.20 Å². The molecule has 3 aromatic rings. The van der Waals surface area contributed by atoms with E-state index in [-0.39, 0.29) is 29.0 Å². The number of aromatic nitrogens is 4. The van der Waals surface area contributed by atoms with Gasteiger partial charge < -0.3 is 9.55 Å². The maximum absolute atomic E-state index is 12.6. The quantitative estimate of drug-likeness (QED) is 0.500. The van der Waals surface area contributed by atoms with Crippen LogP contribution in [0, 0.1) is 5.92 Å². The van der Waals surface area contributed by atoms with Gasteiger partial charge in [0.25, 0.3) is 0 Å². The van der Waals surface area contributed by atoms with Gasteiger partial charge >= 0.3 is 0 Å². The Balaban J connectivity index is 1.42. The maximum Gasteiger partial charge on any atom is 0.191 e. The van der Waals surface area contributed by atoms with Crippen LogP contribution in [0.5, 0.6) is 0 Å². The number of hydrogen-bond donors (Lipinski definition) is 1. The predicted molar refractivity (Wildman–Crippen MR) is 105 cm³/mol. The van der Waals surface area contributed by atoms with Crippen LogP contribution >= 0.6 is 11.8 Å². The Labute approximate surface area is 161 Å². The first-order chi connectivity index (χ1) is 12.9. The van der Waals surface area contributed by atoms with Gasteiger partial charge in [0.1, 0.15) is 5.82 Å². The third kappa shape index (κ3) is 3.79. The summed E-state index contributed by atoms with van der Waals surface area (Å²) in [5.41, 5.74) is 1.62. The molecule has 1 aliphatic heterocycles. The summed E-state index contributed by atoms with van der Waals surface area (Å²) in [5.74, 6) is 1.65. The monoisotopic (exact) mass is 404 g/mol. The minimum absolute atomic E-state index is 0.0314. The van der Waals surface area contributed by atoms with E-state index in [1.807, 2.05) is 35.9 Å². The summed E-state index contributed by atoms with van der Waals surface area (Å²) in [7, 11) is -1.04. The number of aromatic amines is 1. The van der Waals surface area contributed by atoms with Crippen LogP contribution < -0.4 is 0 Å². The molecule has 7 nitrogen and oxygen atoms in total. The Morgan fingerprint density at radius 3 is 2.93 bits per heavy atom. The Hall–Kier alpha value is -2.13. The molecule has 1 atom stereocenters. The van der Waals surface area contributed by atoms with Crippen molar-refractivity contribution < 1.29 is 13.2 Å². The maximum atomic E-state index is 12.6. The zero-order chi connectivity index (χ0) is 19.0. The van der Waals surface area contributed by atoms with Crippen molar-refractivity contribution in [2.24, 2.45) is 13.0 Å². The number of ketones is 1. The topological polar surface area (TPSA) is 97.7 Å². The van der Waals surface area contributed by atoms with Crippen LogP contribution in [0.25, 0.3) is 10.9 Å². The number of sulfone groups is 1. The molecule has 0 spiro atoms. The van der Waals surface area contributed by atoms with Crippen molar-refractivity contribution in [2.45, 2.75) is 18.0 Å². The molecular formula is C18H20N4O3S2. The number of carbonyl (C=O) groups excluding carboxylic acids is 1. The second-order valence-corrected chi connectivity index (χ2v) is 10.1. The molecule has 0 aliphatic carbocycles. The molecule has 1 saturated heterocycles. The van der Waals surface area contributed by atoms with Crippen LogP contribution in [0.3, 0.4) is 0 Å². The number of para-hydroxylation sites is 1. The number of thioether (sulfide) groups is 1. The van der Waals surface area contributed by atoms with E-state index in [2.05, 4.69) is 15.2 Å². The molecular weight excluding hydrogens is 384 g/mol. The number of rotatable bonds is 6. The molecule has 4 rings (SSSR count). The number of carbonyl (C=O) groups is 1. The summed E-state index contributed by atoms with van der Waals surface area (Å²) in [5, 5.41) is 9.96. The highest BCUT2D eigenvalue weighted by molar-refractivity contribution is 7.99. The second kappa shape index (κ2) is 7.12. The Bertz CT molecular complexity index is 1100. The van der Waals surface area contributed by atoms with Crippen molar-refractivity contribution in [1.29, 1.82) is 0 Å². The number of Topliss-reactive ketones (excluding diaryl/α,β-unsaturated/α-hetero) is 1. The predicted octanol–water partition coefficient (Wildman–Crippen LogP) is 2.25. The van der Waals surface area contributed by atoms with E-state index < -0.39 is 9.84 Å². The highest BCUT2D eigenvalue weighted by atomic mass is 32.2. The van der Waals surface area contributed by atoms with E-state index in [4.69, 9.17) is 0 Å². The van der Waals surface area contributed by atoms with Crippen LogP contribution in [0.1, 0.15) is 22.6 Å². The number of H-pyrrole nitrogens is 1. The normalized spacial score (nSPS) is 18.9. The van der Waals surface area contributed by atoms with Gasteiger partial charge in [-0.25, -0.2) is 8.42 Å². The fraction of sp³-hybridized carbons (Fsp3) is 0.389. The van der Waals surface area contributed by atoms with Gasteiger partial charge in [0.2, 0.25) is 0 Å². The van der Waals surface area contributed by atoms with Crippen molar-refractivity contribution in [3.63, 3.8) is 0 Å². The SMILES string of the molecule is Cn1c(CC2CCS(=O)(=O)C2)nnc1SCC(=O)c1c[nH]c2ccccc12. The molecule has 9 heteroatoms. The number of nitrogens with one attached hydrogen (secondary N) is 1. The zero-order valence-corrected chi connectivity index (χ0v) is 16.5. The van der Waals surface area contributed by atoms with Gasteiger partial charge in [-0.05, 0) is 18.4 Å². The zero-order valence-electron chi connectivity index (χ0n) is 14.9. The lowest BCUT2D eigenvalue weighted by molar-refractivity contribution is 0.102. The minimum Gasteiger partial charge on any atom is -0.360 e. The minimum atomic E-state index is -2.90. The van der Waals surface area contributed by atoms with E-state index in [1.165, 1.54) is 11.8 Å². The van der Waals surface area contributed by atoms with E-state index in [9.17, 15) is 13.2 Å². The van der Waals surface area contributed by atoms with Gasteiger partial charge in [0, 0.05) is 36.1 Å². The number of nitrogens with zero attached hydrogens (tertiary/aromatic N) is 3. The fourth-order valence-electron chi connectivity index (χ4n) is 3.45. The third-order valence-corrected chi connectivity index (χ3v) is 7.80. The highest BCUT2D eigenvalue weighted by Gasteiger charge is 2.29. The van der Waals surface area contributed by atoms with Crippen LogP contribution in [0.15, 0.2) is 35.6 Å². The molecule has 2 aromatic heterocycles. The summed E-state index contributed by atoms with van der Waals surface area (Å²) >= 11 is 1.35. The third-order valence-electron chi connectivity index (χ3n) is 4.95. The summed E-state index contributed by atoms with van der Waals surface area (Å²) < 4.78 is 25.1. The van der Waals surface area contributed by atoms with Gasteiger partial charge in [0.05, 0.1) is 17.3 Å². The Morgan fingerprint density at radius 2 is 2.15 bits per heavy atom. The van der Waals surface area contributed by atoms with Crippen LogP contribution in [-0.2, 0) is 23.3 Å². The van der Waals surface area contributed by atoms with Gasteiger partial charge in [-0.2, -0.15) is 0 Å². The van der Waals surface area contributed by atoms with Gasteiger partial charge in [-0.1, -0.05) is 30.0 Å². The molecule has 1 aliphatic rings. The number of benzene rings is 1. The van der Waals surface area contributed by atoms with E-state index >= 15 is 0 Å². The fourth-order valence-corrected chi connectivity index (χ4v) is 6.12. The van der Waals surface area contributed by atoms with E-state index in [0.29, 0.717) is 23.6 Å². The average molecular weight is 405 g/mol. The first kappa shape index (κ1) is 18.2. The first-order valence-electron chi connectivity index (χ1n) is 8.74. The summed E-state index contributed by atoms with van der Waals surface area (Å²) in [4.78, 5) is 15.7. The molecule has 0 saturated carbocycles. The molecule has 0 radical (unpaired) electrons. The lowest BCUT2D eigenvalue weighted by Gasteiger charge is -2.07. The summed E-state index contributed by atoms with van der Waals surface area (Å²) in [6.07, 6.45) is 3.02. The Morgan fingerprint density at radius 1 is 1.33 bits per heavy atom. The van der Waals surface area contributed by atoms with Crippen LogP contribution in [0.4, 0.5) is 0 Å². The largest absolute Gasteiger partial charge is 0.360 e. The summed E-state index contributed by atoms with van der Waals surface area (Å²) in [6, 6.07) is 7.72. The second-order valence-electron chi connectivity index (χ2n) is 6.89. The van der Waals surface area contributed by atoms with Crippen molar-refractivity contribution >= 4 is 38.3 Å². The van der Waals surface area contributed by atoms with Crippen molar-refractivity contribution in [3.8, 4) is 0 Å². The van der Waals surface area contributed by atoms with Gasteiger partial charge in [-0.15, -0.1) is 10.2 Å². The molecule has 1 fully saturated rings. The standard InChI is InChI=1S/C18H20N4O3S2/c1-22-17(8-12-6-7-27(24,25)11-12)20-21-18(22)26-10-16(23)14-9-19-15-5-3-2-4-13(14)15/h2-5,9,12,19H,6-8,10-11H2,1H3. The molecule has 1 aromatic carbocycles. The Kier molecular flexibility index (Phi) is 4.81. The number of hydrogen-bond acceptors (Lipinski definition) is 6. The molecule has 27 heavy (non-hydrogen) atoms. The first-order valence-corrected chi connectivity index (χ1v) is 11.5. The molecule has 0 amide bonds. The molecule has 1 N–H and O–H groups in total.